The molecule has 1 aliphatic carbocycles. The molecule has 3 rings (SSSR count). The Labute approximate surface area is 106 Å². The van der Waals surface area contributed by atoms with E-state index in [4.69, 9.17) is 9.47 Å². The molecule has 3 nitrogen and oxygen atoms in total. The monoisotopic (exact) mass is 252 g/mol. The average Bonchev–Trinajstić information content (AvgIpc) is 3.06. The molecule has 1 saturated carbocycles. The van der Waals surface area contributed by atoms with Gasteiger partial charge >= 0.3 is 0 Å². The van der Waals surface area contributed by atoms with Gasteiger partial charge in [-0.2, -0.15) is 0 Å². The average molecular weight is 252 g/mol. The first-order valence-corrected chi connectivity index (χ1v) is 6.26. The van der Waals surface area contributed by atoms with Gasteiger partial charge in [-0.3, -0.25) is 0 Å². The van der Waals surface area contributed by atoms with Crippen molar-refractivity contribution in [2.75, 3.05) is 13.2 Å². The van der Waals surface area contributed by atoms with Gasteiger partial charge in [0.05, 0.1) is 5.60 Å². The minimum Gasteiger partial charge on any atom is -0.486 e. The van der Waals surface area contributed by atoms with Crippen LogP contribution in [0.5, 0.6) is 11.5 Å². The normalized spacial score (nSPS) is 20.7. The molecular formula is C14H17FO3. The van der Waals surface area contributed by atoms with E-state index in [2.05, 4.69) is 0 Å². The van der Waals surface area contributed by atoms with Crippen molar-refractivity contribution < 1.29 is 19.0 Å². The molecule has 4 heteroatoms. The molecule has 0 unspecified atom stereocenters. The first kappa shape index (κ1) is 11.8. The number of fused-ring (bicyclic) bond motifs is 1. The van der Waals surface area contributed by atoms with Crippen LogP contribution in [0.4, 0.5) is 4.39 Å². The Balaban J connectivity index is 2.16. The molecule has 98 valence electrons. The van der Waals surface area contributed by atoms with Crippen LogP contribution in [0.3, 0.4) is 0 Å². The van der Waals surface area contributed by atoms with Crippen LogP contribution in [-0.4, -0.2) is 18.3 Å². The molecule has 2 aliphatic rings. The van der Waals surface area contributed by atoms with E-state index in [1.54, 1.807) is 12.1 Å². The summed E-state index contributed by atoms with van der Waals surface area (Å²) >= 11 is 0. The molecule has 0 radical (unpaired) electrons. The number of ether oxygens (including phenoxy) is 2. The van der Waals surface area contributed by atoms with E-state index in [9.17, 15) is 9.50 Å². The van der Waals surface area contributed by atoms with Crippen molar-refractivity contribution in [3.05, 3.63) is 23.3 Å². The second-order valence-corrected chi connectivity index (χ2v) is 5.55. The second-order valence-electron chi connectivity index (χ2n) is 5.55. The number of benzene rings is 1. The predicted molar refractivity (Wildman–Crippen MR) is 64.7 cm³/mol. The van der Waals surface area contributed by atoms with Crippen LogP contribution in [0, 0.1) is 0 Å². The molecule has 0 spiro atoms. The Hall–Kier alpha value is -1.29. The van der Waals surface area contributed by atoms with Crippen molar-refractivity contribution in [1.82, 2.24) is 0 Å². The Bertz CT molecular complexity index is 487. The fourth-order valence-electron chi connectivity index (χ4n) is 2.23. The van der Waals surface area contributed by atoms with E-state index in [1.807, 2.05) is 0 Å². The van der Waals surface area contributed by atoms with Gasteiger partial charge in [0.15, 0.2) is 11.5 Å². The first-order valence-electron chi connectivity index (χ1n) is 6.26. The SMILES string of the molecule is CC(C)(F)c1cc2c(c(C3(O)CC3)c1)OCCO2. The van der Waals surface area contributed by atoms with Crippen molar-refractivity contribution in [1.29, 1.82) is 0 Å². The highest BCUT2D eigenvalue weighted by molar-refractivity contribution is 5.55. The molecule has 0 atom stereocenters. The summed E-state index contributed by atoms with van der Waals surface area (Å²) in [6, 6.07) is 3.38. The highest BCUT2D eigenvalue weighted by atomic mass is 19.1. The number of hydrogen-bond acceptors (Lipinski definition) is 3. The summed E-state index contributed by atoms with van der Waals surface area (Å²) in [5.74, 6) is 1.12. The standard InChI is InChI=1S/C14H17FO3/c1-13(2,15)9-7-10(14(16)3-4-14)12-11(8-9)17-5-6-18-12/h7-8,16H,3-6H2,1-2H3. The quantitative estimate of drug-likeness (QED) is 0.879. The minimum absolute atomic E-state index is 0.459. The summed E-state index contributed by atoms with van der Waals surface area (Å²) in [5.41, 5.74) is -1.13. The lowest BCUT2D eigenvalue weighted by atomic mass is 9.94. The molecule has 18 heavy (non-hydrogen) atoms. The number of aliphatic hydroxyl groups is 1. The maximum absolute atomic E-state index is 14.1. The summed E-state index contributed by atoms with van der Waals surface area (Å²) in [5, 5.41) is 10.3. The molecule has 1 aromatic carbocycles. The second kappa shape index (κ2) is 3.60. The lowest BCUT2D eigenvalue weighted by Crippen LogP contribution is -2.21. The maximum atomic E-state index is 14.1. The molecule has 1 fully saturated rings. The summed E-state index contributed by atoms with van der Waals surface area (Å²) in [4.78, 5) is 0. The number of hydrogen-bond donors (Lipinski definition) is 1. The van der Waals surface area contributed by atoms with E-state index >= 15 is 0 Å². The predicted octanol–water partition coefficient (Wildman–Crippen LogP) is 2.64. The summed E-state index contributed by atoms with van der Waals surface area (Å²) in [7, 11) is 0. The van der Waals surface area contributed by atoms with Crippen LogP contribution in [0.2, 0.25) is 0 Å². The highest BCUT2D eigenvalue weighted by Gasteiger charge is 2.46. The molecule has 1 N–H and O–H groups in total. The van der Waals surface area contributed by atoms with Gasteiger partial charge in [-0.15, -0.1) is 0 Å². The van der Waals surface area contributed by atoms with Gasteiger partial charge in [0.25, 0.3) is 0 Å². The Kier molecular flexibility index (Phi) is 2.36. The zero-order chi connectivity index (χ0) is 13.0. The molecular weight excluding hydrogens is 235 g/mol. The molecule has 1 heterocycles. The Morgan fingerprint density at radius 1 is 1.22 bits per heavy atom. The number of rotatable bonds is 2. The van der Waals surface area contributed by atoms with E-state index in [0.29, 0.717) is 48.7 Å². The lowest BCUT2D eigenvalue weighted by Gasteiger charge is -2.26. The van der Waals surface area contributed by atoms with Crippen molar-refractivity contribution in [3.8, 4) is 11.5 Å². The first-order chi connectivity index (χ1) is 8.40. The Morgan fingerprint density at radius 3 is 2.50 bits per heavy atom. The third-order valence-electron chi connectivity index (χ3n) is 3.55. The number of halogens is 1. The van der Waals surface area contributed by atoms with Gasteiger partial charge in [-0.05, 0) is 44.4 Å². The largest absolute Gasteiger partial charge is 0.486 e. The van der Waals surface area contributed by atoms with Crippen molar-refractivity contribution in [3.63, 3.8) is 0 Å². The van der Waals surface area contributed by atoms with Crippen LogP contribution in [0.25, 0.3) is 0 Å². The minimum atomic E-state index is -1.46. The van der Waals surface area contributed by atoms with Crippen LogP contribution in [0.15, 0.2) is 12.1 Å². The van der Waals surface area contributed by atoms with Gasteiger partial charge in [0.2, 0.25) is 0 Å². The van der Waals surface area contributed by atoms with Crippen molar-refractivity contribution in [2.45, 2.75) is 38.0 Å². The molecule has 0 saturated heterocycles. The van der Waals surface area contributed by atoms with Crippen molar-refractivity contribution in [2.24, 2.45) is 0 Å². The zero-order valence-corrected chi connectivity index (χ0v) is 10.6. The summed E-state index contributed by atoms with van der Waals surface area (Å²) in [6.07, 6.45) is 1.39. The van der Waals surface area contributed by atoms with E-state index < -0.39 is 11.3 Å². The molecule has 1 aliphatic heterocycles. The fourth-order valence-corrected chi connectivity index (χ4v) is 2.23. The topological polar surface area (TPSA) is 38.7 Å². The van der Waals surface area contributed by atoms with Gasteiger partial charge in [0, 0.05) is 5.56 Å². The van der Waals surface area contributed by atoms with Crippen LogP contribution in [-0.2, 0) is 11.3 Å². The Morgan fingerprint density at radius 2 is 1.89 bits per heavy atom. The summed E-state index contributed by atoms with van der Waals surface area (Å²) < 4.78 is 25.2. The van der Waals surface area contributed by atoms with Gasteiger partial charge < -0.3 is 14.6 Å². The number of alkyl halides is 1. The molecule has 0 amide bonds. The molecule has 0 bridgehead atoms. The smallest absolute Gasteiger partial charge is 0.167 e. The van der Waals surface area contributed by atoms with E-state index in [1.165, 1.54) is 13.8 Å². The third kappa shape index (κ3) is 1.85. The highest BCUT2D eigenvalue weighted by Crippen LogP contribution is 2.53. The van der Waals surface area contributed by atoms with Crippen LogP contribution < -0.4 is 9.47 Å². The molecule has 0 aromatic heterocycles. The molecule has 1 aromatic rings. The fraction of sp³-hybridized carbons (Fsp3) is 0.571. The maximum Gasteiger partial charge on any atom is 0.167 e. The van der Waals surface area contributed by atoms with Crippen LogP contribution in [0.1, 0.15) is 37.8 Å². The van der Waals surface area contributed by atoms with Gasteiger partial charge in [-0.1, -0.05) is 0 Å². The van der Waals surface area contributed by atoms with Crippen molar-refractivity contribution >= 4 is 0 Å². The summed E-state index contributed by atoms with van der Waals surface area (Å²) in [6.45, 7) is 3.92. The van der Waals surface area contributed by atoms with Crippen LogP contribution >= 0.6 is 0 Å². The third-order valence-corrected chi connectivity index (χ3v) is 3.55. The van der Waals surface area contributed by atoms with Gasteiger partial charge in [-0.25, -0.2) is 4.39 Å². The lowest BCUT2D eigenvalue weighted by molar-refractivity contribution is 0.128. The zero-order valence-electron chi connectivity index (χ0n) is 10.6. The van der Waals surface area contributed by atoms with E-state index in [0.717, 1.165) is 0 Å². The van der Waals surface area contributed by atoms with Gasteiger partial charge in [0.1, 0.15) is 18.9 Å². The van der Waals surface area contributed by atoms with E-state index in [-0.39, 0.29) is 0 Å².